The fraction of sp³-hybridized carbons (Fsp3) is 0.130. The van der Waals surface area contributed by atoms with Crippen molar-refractivity contribution in [3.05, 3.63) is 90.0 Å². The number of ether oxygens (including phenoxy) is 1. The molecule has 0 heterocycles. The van der Waals surface area contributed by atoms with Gasteiger partial charge in [0.05, 0.1) is 4.90 Å². The first-order valence-electron chi connectivity index (χ1n) is 9.86. The smallest absolute Gasteiger partial charge is 0.276 e. The van der Waals surface area contributed by atoms with Gasteiger partial charge in [-0.2, -0.15) is 0 Å². The Hall–Kier alpha value is -3.85. The summed E-state index contributed by atoms with van der Waals surface area (Å²) in [5, 5.41) is 0. The summed E-state index contributed by atoms with van der Waals surface area (Å²) in [6, 6.07) is 21.2. The van der Waals surface area contributed by atoms with Crippen LogP contribution in [-0.4, -0.2) is 26.8 Å². The number of anilines is 1. The zero-order chi connectivity index (χ0) is 23.0. The molecule has 32 heavy (non-hydrogen) atoms. The number of carbonyl (C=O) groups is 2. The maximum absolute atomic E-state index is 12.4. The Bertz CT molecular complexity index is 1160. The second-order valence-electron chi connectivity index (χ2n) is 6.78. The normalized spacial score (nSPS) is 10.8. The van der Waals surface area contributed by atoms with E-state index in [-0.39, 0.29) is 17.1 Å². The average Bonchev–Trinajstić information content (AvgIpc) is 2.82. The fourth-order valence-electron chi connectivity index (χ4n) is 2.71. The van der Waals surface area contributed by atoms with Crippen LogP contribution in [0, 0.1) is 0 Å². The molecule has 166 valence electrons. The van der Waals surface area contributed by atoms with Gasteiger partial charge in [-0.15, -0.1) is 0 Å². The highest BCUT2D eigenvalue weighted by Gasteiger charge is 2.15. The van der Waals surface area contributed by atoms with Gasteiger partial charge in [0.25, 0.3) is 21.8 Å². The number of nitrogens with one attached hydrogen (secondary N) is 3. The van der Waals surface area contributed by atoms with Gasteiger partial charge < -0.3 is 4.74 Å². The minimum absolute atomic E-state index is 0.00410. The predicted octanol–water partition coefficient (Wildman–Crippen LogP) is 2.89. The third kappa shape index (κ3) is 6.32. The molecule has 0 aliphatic heterocycles. The first kappa shape index (κ1) is 22.8. The standard InChI is InChI=1S/C23H23N3O5S/c1-2-17-8-12-20(13-9-17)31-16-22(27)24-25-23(28)18-10-14-21(15-11-18)32(29,30)26-19-6-4-3-5-7-19/h3-15,26H,2,16H2,1H3,(H,24,27)(H,25,28). The van der Waals surface area contributed by atoms with E-state index in [1.807, 2.05) is 19.1 Å². The van der Waals surface area contributed by atoms with Gasteiger partial charge in [-0.1, -0.05) is 37.3 Å². The number of hydrazine groups is 1. The van der Waals surface area contributed by atoms with Crippen LogP contribution in [0.15, 0.2) is 83.8 Å². The van der Waals surface area contributed by atoms with E-state index in [2.05, 4.69) is 15.6 Å². The van der Waals surface area contributed by atoms with Crippen molar-refractivity contribution in [2.45, 2.75) is 18.2 Å². The number of benzene rings is 3. The molecule has 3 aromatic carbocycles. The van der Waals surface area contributed by atoms with Gasteiger partial charge in [0.1, 0.15) is 5.75 Å². The fourth-order valence-corrected chi connectivity index (χ4v) is 3.77. The summed E-state index contributed by atoms with van der Waals surface area (Å²) in [5.41, 5.74) is 6.29. The maximum Gasteiger partial charge on any atom is 0.276 e. The Morgan fingerprint density at radius 1 is 0.844 bits per heavy atom. The Morgan fingerprint density at radius 2 is 1.50 bits per heavy atom. The molecule has 0 unspecified atom stereocenters. The molecule has 0 spiro atoms. The van der Waals surface area contributed by atoms with E-state index in [1.54, 1.807) is 42.5 Å². The van der Waals surface area contributed by atoms with E-state index >= 15 is 0 Å². The SMILES string of the molecule is CCc1ccc(OCC(=O)NNC(=O)c2ccc(S(=O)(=O)Nc3ccccc3)cc2)cc1. The number of hydrogen-bond donors (Lipinski definition) is 3. The highest BCUT2D eigenvalue weighted by molar-refractivity contribution is 7.92. The van der Waals surface area contributed by atoms with Crippen LogP contribution in [0.1, 0.15) is 22.8 Å². The molecule has 0 bridgehead atoms. The molecule has 8 nitrogen and oxygen atoms in total. The number of aryl methyl sites for hydroxylation is 1. The van der Waals surface area contributed by atoms with Gasteiger partial charge in [0, 0.05) is 11.3 Å². The van der Waals surface area contributed by atoms with Crippen LogP contribution in [0.4, 0.5) is 5.69 Å². The lowest BCUT2D eigenvalue weighted by Gasteiger charge is -2.10. The molecular weight excluding hydrogens is 430 g/mol. The third-order valence-corrected chi connectivity index (χ3v) is 5.87. The van der Waals surface area contributed by atoms with Crippen LogP contribution in [-0.2, 0) is 21.2 Å². The number of carbonyl (C=O) groups excluding carboxylic acids is 2. The van der Waals surface area contributed by atoms with Gasteiger partial charge in [-0.25, -0.2) is 8.42 Å². The molecule has 0 fully saturated rings. The van der Waals surface area contributed by atoms with E-state index in [1.165, 1.54) is 24.3 Å². The monoisotopic (exact) mass is 453 g/mol. The lowest BCUT2D eigenvalue weighted by Crippen LogP contribution is -2.43. The molecule has 3 aromatic rings. The van der Waals surface area contributed by atoms with Crippen molar-refractivity contribution in [2.75, 3.05) is 11.3 Å². The van der Waals surface area contributed by atoms with E-state index < -0.39 is 21.8 Å². The molecule has 2 amide bonds. The molecule has 0 aliphatic carbocycles. The van der Waals surface area contributed by atoms with Crippen LogP contribution < -0.4 is 20.3 Å². The zero-order valence-electron chi connectivity index (χ0n) is 17.4. The molecular formula is C23H23N3O5S. The lowest BCUT2D eigenvalue weighted by atomic mass is 10.2. The quantitative estimate of drug-likeness (QED) is 0.454. The number of sulfonamides is 1. The van der Waals surface area contributed by atoms with Crippen molar-refractivity contribution >= 4 is 27.5 Å². The van der Waals surface area contributed by atoms with Crippen LogP contribution in [0.3, 0.4) is 0 Å². The van der Waals surface area contributed by atoms with Crippen molar-refractivity contribution in [2.24, 2.45) is 0 Å². The molecule has 0 atom stereocenters. The summed E-state index contributed by atoms with van der Waals surface area (Å²) in [6.07, 6.45) is 0.906. The van der Waals surface area contributed by atoms with E-state index in [4.69, 9.17) is 4.74 Å². The summed E-state index contributed by atoms with van der Waals surface area (Å²) in [6.45, 7) is 1.77. The van der Waals surface area contributed by atoms with Crippen molar-refractivity contribution in [3.63, 3.8) is 0 Å². The van der Waals surface area contributed by atoms with Gasteiger partial charge >= 0.3 is 0 Å². The van der Waals surface area contributed by atoms with Crippen LogP contribution >= 0.6 is 0 Å². The van der Waals surface area contributed by atoms with Crippen LogP contribution in [0.25, 0.3) is 0 Å². The first-order chi connectivity index (χ1) is 15.4. The molecule has 0 radical (unpaired) electrons. The van der Waals surface area contributed by atoms with E-state index in [0.717, 1.165) is 12.0 Å². The Balaban J connectivity index is 1.50. The summed E-state index contributed by atoms with van der Waals surface area (Å²) < 4.78 is 32.7. The van der Waals surface area contributed by atoms with Crippen molar-refractivity contribution in [1.82, 2.24) is 10.9 Å². The largest absolute Gasteiger partial charge is 0.484 e. The molecule has 0 saturated carbocycles. The van der Waals surface area contributed by atoms with Crippen molar-refractivity contribution in [3.8, 4) is 5.75 Å². The molecule has 0 aliphatic rings. The van der Waals surface area contributed by atoms with Crippen molar-refractivity contribution in [1.29, 1.82) is 0 Å². The summed E-state index contributed by atoms with van der Waals surface area (Å²) in [4.78, 5) is 24.1. The molecule has 9 heteroatoms. The number of amides is 2. The topological polar surface area (TPSA) is 114 Å². The third-order valence-electron chi connectivity index (χ3n) is 4.47. The molecule has 3 N–H and O–H groups in total. The minimum atomic E-state index is -3.79. The Morgan fingerprint density at radius 3 is 2.12 bits per heavy atom. The second kappa shape index (κ2) is 10.5. The zero-order valence-corrected chi connectivity index (χ0v) is 18.2. The molecule has 3 rings (SSSR count). The number of para-hydroxylation sites is 1. The summed E-state index contributed by atoms with van der Waals surface area (Å²) in [7, 11) is -3.79. The highest BCUT2D eigenvalue weighted by atomic mass is 32.2. The van der Waals surface area contributed by atoms with Gasteiger partial charge in [-0.3, -0.25) is 25.2 Å². The molecule has 0 saturated heterocycles. The van der Waals surface area contributed by atoms with E-state index in [0.29, 0.717) is 11.4 Å². The van der Waals surface area contributed by atoms with Crippen molar-refractivity contribution < 1.29 is 22.7 Å². The number of hydrogen-bond acceptors (Lipinski definition) is 5. The van der Waals surface area contributed by atoms with Gasteiger partial charge in [0.15, 0.2) is 6.61 Å². The molecule has 0 aromatic heterocycles. The lowest BCUT2D eigenvalue weighted by molar-refractivity contribution is -0.123. The summed E-state index contributed by atoms with van der Waals surface area (Å²) in [5.74, 6) is -0.584. The average molecular weight is 454 g/mol. The number of rotatable bonds is 8. The van der Waals surface area contributed by atoms with Gasteiger partial charge in [0.2, 0.25) is 0 Å². The first-order valence-corrected chi connectivity index (χ1v) is 11.3. The Labute approximate surface area is 186 Å². The van der Waals surface area contributed by atoms with Crippen LogP contribution in [0.5, 0.6) is 5.75 Å². The summed E-state index contributed by atoms with van der Waals surface area (Å²) >= 11 is 0. The second-order valence-corrected chi connectivity index (χ2v) is 8.47. The van der Waals surface area contributed by atoms with Gasteiger partial charge in [-0.05, 0) is 60.5 Å². The van der Waals surface area contributed by atoms with E-state index in [9.17, 15) is 18.0 Å². The predicted molar refractivity (Wildman–Crippen MR) is 121 cm³/mol. The van der Waals surface area contributed by atoms with Crippen LogP contribution in [0.2, 0.25) is 0 Å². The highest BCUT2D eigenvalue weighted by Crippen LogP contribution is 2.16. The Kier molecular flexibility index (Phi) is 7.45. The maximum atomic E-state index is 12.4. The minimum Gasteiger partial charge on any atom is -0.484 e.